The lowest BCUT2D eigenvalue weighted by Crippen LogP contribution is -2.49. The van der Waals surface area contributed by atoms with Gasteiger partial charge < -0.3 is 4.90 Å². The second-order valence-corrected chi connectivity index (χ2v) is 5.44. The van der Waals surface area contributed by atoms with Crippen molar-refractivity contribution in [3.63, 3.8) is 0 Å². The first kappa shape index (κ1) is 13.0. The highest BCUT2D eigenvalue weighted by Crippen LogP contribution is 2.36. The van der Waals surface area contributed by atoms with Gasteiger partial charge in [-0.3, -0.25) is 4.79 Å². The smallest absolute Gasteiger partial charge is 0.225 e. The molecule has 1 atom stereocenters. The van der Waals surface area contributed by atoms with Gasteiger partial charge in [-0.2, -0.15) is 5.26 Å². The average molecular weight is 222 g/mol. The van der Waals surface area contributed by atoms with Gasteiger partial charge in [-0.25, -0.2) is 0 Å². The van der Waals surface area contributed by atoms with Gasteiger partial charge in [-0.05, 0) is 18.8 Å². The predicted molar refractivity (Wildman–Crippen MR) is 63.5 cm³/mol. The average Bonchev–Trinajstić information content (AvgIpc) is 2.27. The Morgan fingerprint density at radius 3 is 2.44 bits per heavy atom. The van der Waals surface area contributed by atoms with E-state index >= 15 is 0 Å². The molecule has 1 saturated heterocycles. The van der Waals surface area contributed by atoms with E-state index in [1.54, 1.807) is 0 Å². The number of carbonyl (C=O) groups is 1. The molecule has 16 heavy (non-hydrogen) atoms. The molecular weight excluding hydrogens is 200 g/mol. The summed E-state index contributed by atoms with van der Waals surface area (Å²) in [6, 6.07) is 2.45. The van der Waals surface area contributed by atoms with Gasteiger partial charge in [-0.15, -0.1) is 0 Å². The lowest BCUT2D eigenvalue weighted by atomic mass is 9.72. The molecular formula is C13H22N2O. The molecule has 0 aromatic rings. The highest BCUT2D eigenvalue weighted by Gasteiger charge is 2.40. The minimum Gasteiger partial charge on any atom is -0.341 e. The van der Waals surface area contributed by atoms with Crippen molar-refractivity contribution in [3.05, 3.63) is 0 Å². The summed E-state index contributed by atoms with van der Waals surface area (Å²) < 4.78 is 0. The van der Waals surface area contributed by atoms with Gasteiger partial charge in [0.05, 0.1) is 11.5 Å². The summed E-state index contributed by atoms with van der Waals surface area (Å²) in [5.74, 6) is 0.516. The van der Waals surface area contributed by atoms with Crippen LogP contribution in [0.15, 0.2) is 0 Å². The van der Waals surface area contributed by atoms with E-state index in [1.165, 1.54) is 0 Å². The van der Waals surface area contributed by atoms with Crippen LogP contribution in [0.5, 0.6) is 0 Å². The predicted octanol–water partition coefficient (Wildman–Crippen LogP) is 2.43. The van der Waals surface area contributed by atoms with Crippen LogP contribution in [0.1, 0.15) is 40.5 Å². The van der Waals surface area contributed by atoms with E-state index in [2.05, 4.69) is 19.9 Å². The molecule has 90 valence electrons. The van der Waals surface area contributed by atoms with Gasteiger partial charge in [0.15, 0.2) is 0 Å². The number of carbonyl (C=O) groups excluding carboxylic acids is 1. The van der Waals surface area contributed by atoms with Gasteiger partial charge in [0, 0.05) is 19.0 Å². The number of hydrogen-bond acceptors (Lipinski definition) is 2. The third-order valence-electron chi connectivity index (χ3n) is 3.66. The van der Waals surface area contributed by atoms with Crippen LogP contribution in [0.3, 0.4) is 0 Å². The van der Waals surface area contributed by atoms with Crippen LogP contribution in [-0.2, 0) is 4.79 Å². The molecule has 1 fully saturated rings. The lowest BCUT2D eigenvalue weighted by Gasteiger charge is -2.41. The highest BCUT2D eigenvalue weighted by atomic mass is 16.2. The van der Waals surface area contributed by atoms with Crippen LogP contribution < -0.4 is 0 Å². The highest BCUT2D eigenvalue weighted by molar-refractivity contribution is 5.78. The number of likely N-dealkylation sites (tertiary alicyclic amines) is 1. The maximum Gasteiger partial charge on any atom is 0.225 e. The van der Waals surface area contributed by atoms with Crippen molar-refractivity contribution < 1.29 is 4.79 Å². The van der Waals surface area contributed by atoms with Crippen LogP contribution >= 0.6 is 0 Å². The van der Waals surface area contributed by atoms with Crippen LogP contribution in [0, 0.1) is 28.6 Å². The summed E-state index contributed by atoms with van der Waals surface area (Å²) >= 11 is 0. The lowest BCUT2D eigenvalue weighted by molar-refractivity contribution is -0.137. The van der Waals surface area contributed by atoms with Gasteiger partial charge in [0.2, 0.25) is 5.91 Å². The molecule has 3 nitrogen and oxygen atoms in total. The van der Waals surface area contributed by atoms with Crippen molar-refractivity contribution in [2.45, 2.75) is 40.5 Å². The number of piperidine rings is 1. The largest absolute Gasteiger partial charge is 0.341 e. The molecule has 0 N–H and O–H groups in total. The first-order chi connectivity index (χ1) is 7.43. The molecule has 0 saturated carbocycles. The molecule has 1 amide bonds. The second kappa shape index (κ2) is 4.86. The fourth-order valence-corrected chi connectivity index (χ4v) is 2.33. The van der Waals surface area contributed by atoms with E-state index in [4.69, 9.17) is 0 Å². The van der Waals surface area contributed by atoms with Gasteiger partial charge in [0.25, 0.3) is 0 Å². The summed E-state index contributed by atoms with van der Waals surface area (Å²) in [6.07, 6.45) is 1.87. The van der Waals surface area contributed by atoms with E-state index in [9.17, 15) is 10.1 Å². The van der Waals surface area contributed by atoms with Crippen LogP contribution in [0.2, 0.25) is 0 Å². The van der Waals surface area contributed by atoms with Gasteiger partial charge >= 0.3 is 0 Å². The molecule has 1 unspecified atom stereocenters. The van der Waals surface area contributed by atoms with Crippen LogP contribution in [0.25, 0.3) is 0 Å². The van der Waals surface area contributed by atoms with Gasteiger partial charge in [0.1, 0.15) is 0 Å². The summed E-state index contributed by atoms with van der Waals surface area (Å²) in [7, 11) is 0. The Labute approximate surface area is 98.4 Å². The Hall–Kier alpha value is -1.04. The topological polar surface area (TPSA) is 44.1 Å². The minimum atomic E-state index is -0.331. The van der Waals surface area contributed by atoms with Crippen molar-refractivity contribution >= 4 is 5.91 Å². The summed E-state index contributed by atoms with van der Waals surface area (Å²) in [5.41, 5.74) is -0.331. The molecule has 1 heterocycles. The van der Waals surface area contributed by atoms with Crippen molar-refractivity contribution in [3.8, 4) is 6.07 Å². The first-order valence-corrected chi connectivity index (χ1v) is 6.13. The summed E-state index contributed by atoms with van der Waals surface area (Å²) in [4.78, 5) is 13.8. The number of rotatable bonds is 2. The monoisotopic (exact) mass is 222 g/mol. The zero-order valence-electron chi connectivity index (χ0n) is 10.8. The minimum absolute atomic E-state index is 0.0293. The van der Waals surface area contributed by atoms with E-state index in [1.807, 2.05) is 18.7 Å². The third kappa shape index (κ3) is 2.37. The molecule has 1 aliphatic rings. The zero-order chi connectivity index (χ0) is 12.3. The Kier molecular flexibility index (Phi) is 3.96. The van der Waals surface area contributed by atoms with E-state index < -0.39 is 0 Å². The summed E-state index contributed by atoms with van der Waals surface area (Å²) in [6.45, 7) is 9.41. The Morgan fingerprint density at radius 2 is 2.00 bits per heavy atom. The first-order valence-electron chi connectivity index (χ1n) is 6.13. The SMILES string of the molecule is CC(C)C(=O)N1CCCC(C#N)(C(C)C)C1. The van der Waals surface area contributed by atoms with Crippen LogP contribution in [0.4, 0.5) is 0 Å². The maximum absolute atomic E-state index is 11.9. The standard InChI is InChI=1S/C13H22N2O/c1-10(2)12(16)15-7-5-6-13(8-14,9-15)11(3)4/h10-11H,5-7,9H2,1-4H3. The number of hydrogen-bond donors (Lipinski definition) is 0. The van der Waals surface area contributed by atoms with Crippen molar-refractivity contribution in [2.24, 2.45) is 17.3 Å². The zero-order valence-corrected chi connectivity index (χ0v) is 10.8. The quantitative estimate of drug-likeness (QED) is 0.720. The van der Waals surface area contributed by atoms with E-state index in [-0.39, 0.29) is 17.2 Å². The van der Waals surface area contributed by atoms with Gasteiger partial charge in [-0.1, -0.05) is 27.7 Å². The second-order valence-electron chi connectivity index (χ2n) is 5.44. The van der Waals surface area contributed by atoms with Crippen molar-refractivity contribution in [2.75, 3.05) is 13.1 Å². The maximum atomic E-state index is 11.9. The molecule has 0 aromatic heterocycles. The fraction of sp³-hybridized carbons (Fsp3) is 0.846. The number of amides is 1. The number of nitriles is 1. The van der Waals surface area contributed by atoms with E-state index in [0.717, 1.165) is 19.4 Å². The molecule has 1 rings (SSSR count). The molecule has 0 aliphatic carbocycles. The molecule has 0 radical (unpaired) electrons. The molecule has 3 heteroatoms. The van der Waals surface area contributed by atoms with E-state index in [0.29, 0.717) is 12.5 Å². The third-order valence-corrected chi connectivity index (χ3v) is 3.66. The molecule has 0 bridgehead atoms. The fourth-order valence-electron chi connectivity index (χ4n) is 2.33. The van der Waals surface area contributed by atoms with Crippen LogP contribution in [-0.4, -0.2) is 23.9 Å². The van der Waals surface area contributed by atoms with Crippen molar-refractivity contribution in [1.29, 1.82) is 5.26 Å². The summed E-state index contributed by atoms with van der Waals surface area (Å²) in [5, 5.41) is 9.36. The molecule has 1 aliphatic heterocycles. The Balaban J connectivity index is 2.81. The molecule has 0 aromatic carbocycles. The van der Waals surface area contributed by atoms with Crippen molar-refractivity contribution in [1.82, 2.24) is 4.90 Å². The normalized spacial score (nSPS) is 25.9. The Bertz CT molecular complexity index is 304. The Morgan fingerprint density at radius 1 is 1.38 bits per heavy atom. The number of nitrogens with zero attached hydrogens (tertiary/aromatic N) is 2. The molecule has 0 spiro atoms.